The molecule has 1 atom stereocenters. The Hall–Kier alpha value is -1.06. The summed E-state index contributed by atoms with van der Waals surface area (Å²) in [5.41, 5.74) is 0. The highest BCUT2D eigenvalue weighted by Crippen LogP contribution is 2.09. The predicted molar refractivity (Wildman–Crippen MR) is 63.8 cm³/mol. The molecule has 1 aromatic rings. The van der Waals surface area contributed by atoms with Crippen LogP contribution in [0.1, 0.15) is 13.8 Å². The van der Waals surface area contributed by atoms with E-state index in [-0.39, 0.29) is 6.10 Å². The SMILES string of the molecule is CCOCC(COc1ccccc1)OCC. The van der Waals surface area contributed by atoms with Crippen LogP contribution >= 0.6 is 0 Å². The van der Waals surface area contributed by atoms with Gasteiger partial charge in [-0.2, -0.15) is 0 Å². The lowest BCUT2D eigenvalue weighted by Crippen LogP contribution is -2.27. The molecule has 0 radical (unpaired) electrons. The van der Waals surface area contributed by atoms with Crippen molar-refractivity contribution in [1.82, 2.24) is 0 Å². The van der Waals surface area contributed by atoms with Crippen LogP contribution in [-0.2, 0) is 9.47 Å². The molecule has 0 heterocycles. The maximum absolute atomic E-state index is 5.61. The third-order valence-electron chi connectivity index (χ3n) is 2.09. The van der Waals surface area contributed by atoms with Gasteiger partial charge in [0.25, 0.3) is 0 Å². The standard InChI is InChI=1S/C13H20O3/c1-3-14-10-13(15-4-2)11-16-12-8-6-5-7-9-12/h5-9,13H,3-4,10-11H2,1-2H3. The van der Waals surface area contributed by atoms with Crippen LogP contribution in [-0.4, -0.2) is 32.5 Å². The molecule has 1 rings (SSSR count). The third kappa shape index (κ3) is 5.14. The third-order valence-corrected chi connectivity index (χ3v) is 2.09. The number of para-hydroxylation sites is 1. The Kier molecular flexibility index (Phi) is 6.61. The van der Waals surface area contributed by atoms with Gasteiger partial charge in [-0.25, -0.2) is 0 Å². The summed E-state index contributed by atoms with van der Waals surface area (Å²) in [5, 5.41) is 0. The van der Waals surface area contributed by atoms with Gasteiger partial charge in [0.2, 0.25) is 0 Å². The highest BCUT2D eigenvalue weighted by molar-refractivity contribution is 5.20. The fourth-order valence-corrected chi connectivity index (χ4v) is 1.34. The topological polar surface area (TPSA) is 27.7 Å². The molecule has 1 aromatic carbocycles. The molecule has 0 saturated carbocycles. The van der Waals surface area contributed by atoms with Crippen molar-refractivity contribution in [3.63, 3.8) is 0 Å². The van der Waals surface area contributed by atoms with Gasteiger partial charge in [0.1, 0.15) is 18.5 Å². The second-order valence-corrected chi connectivity index (χ2v) is 3.36. The Morgan fingerprint density at radius 3 is 2.38 bits per heavy atom. The van der Waals surface area contributed by atoms with Crippen LogP contribution in [0.5, 0.6) is 5.75 Å². The molecule has 3 nitrogen and oxygen atoms in total. The zero-order valence-electron chi connectivity index (χ0n) is 10.0. The molecule has 16 heavy (non-hydrogen) atoms. The van der Waals surface area contributed by atoms with Crippen molar-refractivity contribution in [3.05, 3.63) is 30.3 Å². The lowest BCUT2D eigenvalue weighted by molar-refractivity contribution is -0.0302. The van der Waals surface area contributed by atoms with Crippen LogP contribution in [0.15, 0.2) is 30.3 Å². The van der Waals surface area contributed by atoms with E-state index < -0.39 is 0 Å². The Morgan fingerprint density at radius 2 is 1.75 bits per heavy atom. The van der Waals surface area contributed by atoms with E-state index in [1.54, 1.807) is 0 Å². The van der Waals surface area contributed by atoms with Gasteiger partial charge in [-0.05, 0) is 26.0 Å². The lowest BCUT2D eigenvalue weighted by Gasteiger charge is -2.17. The monoisotopic (exact) mass is 224 g/mol. The van der Waals surface area contributed by atoms with Crippen LogP contribution in [0, 0.1) is 0 Å². The Balaban J connectivity index is 2.31. The van der Waals surface area contributed by atoms with E-state index in [4.69, 9.17) is 14.2 Å². The van der Waals surface area contributed by atoms with E-state index in [0.717, 1.165) is 5.75 Å². The Labute approximate surface area is 97.3 Å². The van der Waals surface area contributed by atoms with Crippen molar-refractivity contribution in [2.24, 2.45) is 0 Å². The summed E-state index contributed by atoms with van der Waals surface area (Å²) in [4.78, 5) is 0. The molecular weight excluding hydrogens is 204 g/mol. The zero-order valence-corrected chi connectivity index (χ0v) is 10.0. The van der Waals surface area contributed by atoms with Gasteiger partial charge in [-0.15, -0.1) is 0 Å². The van der Waals surface area contributed by atoms with Gasteiger partial charge in [-0.3, -0.25) is 0 Å². The quantitative estimate of drug-likeness (QED) is 0.679. The molecule has 0 bridgehead atoms. The molecule has 0 saturated heterocycles. The summed E-state index contributed by atoms with van der Waals surface area (Å²) < 4.78 is 16.5. The second-order valence-electron chi connectivity index (χ2n) is 3.36. The molecule has 0 spiro atoms. The van der Waals surface area contributed by atoms with Gasteiger partial charge in [0.05, 0.1) is 6.61 Å². The van der Waals surface area contributed by atoms with Crippen LogP contribution in [0.25, 0.3) is 0 Å². The van der Waals surface area contributed by atoms with Gasteiger partial charge in [-0.1, -0.05) is 18.2 Å². The fraction of sp³-hybridized carbons (Fsp3) is 0.538. The van der Waals surface area contributed by atoms with E-state index in [1.165, 1.54) is 0 Å². The second kappa shape index (κ2) is 8.13. The Morgan fingerprint density at radius 1 is 1.00 bits per heavy atom. The maximum atomic E-state index is 5.61. The van der Waals surface area contributed by atoms with Gasteiger partial charge < -0.3 is 14.2 Å². The number of rotatable bonds is 8. The number of benzene rings is 1. The van der Waals surface area contributed by atoms with E-state index in [9.17, 15) is 0 Å². The molecule has 3 heteroatoms. The average Bonchev–Trinajstić information content (AvgIpc) is 2.34. The van der Waals surface area contributed by atoms with Gasteiger partial charge >= 0.3 is 0 Å². The van der Waals surface area contributed by atoms with E-state index in [2.05, 4.69) is 0 Å². The number of hydrogen-bond donors (Lipinski definition) is 0. The number of ether oxygens (including phenoxy) is 3. The van der Waals surface area contributed by atoms with Gasteiger partial charge in [0.15, 0.2) is 0 Å². The normalized spacial score (nSPS) is 12.4. The number of hydrogen-bond acceptors (Lipinski definition) is 3. The van der Waals surface area contributed by atoms with Crippen molar-refractivity contribution in [2.45, 2.75) is 20.0 Å². The first-order valence-electron chi connectivity index (χ1n) is 5.74. The molecule has 0 aromatic heterocycles. The minimum atomic E-state index is 0.00477. The zero-order chi connectivity index (χ0) is 11.6. The summed E-state index contributed by atoms with van der Waals surface area (Å²) in [6.07, 6.45) is 0.00477. The molecule has 90 valence electrons. The highest BCUT2D eigenvalue weighted by Gasteiger charge is 2.09. The first kappa shape index (κ1) is 13.0. The average molecular weight is 224 g/mol. The lowest BCUT2D eigenvalue weighted by atomic mass is 10.3. The van der Waals surface area contributed by atoms with Crippen molar-refractivity contribution < 1.29 is 14.2 Å². The van der Waals surface area contributed by atoms with Crippen LogP contribution in [0.4, 0.5) is 0 Å². The first-order chi connectivity index (χ1) is 7.86. The highest BCUT2D eigenvalue weighted by atomic mass is 16.6. The largest absolute Gasteiger partial charge is 0.491 e. The summed E-state index contributed by atoms with van der Waals surface area (Å²) in [5.74, 6) is 0.865. The van der Waals surface area contributed by atoms with E-state index in [0.29, 0.717) is 26.4 Å². The summed E-state index contributed by atoms with van der Waals surface area (Å²) >= 11 is 0. The van der Waals surface area contributed by atoms with Crippen molar-refractivity contribution in [2.75, 3.05) is 26.4 Å². The molecule has 0 aliphatic heterocycles. The van der Waals surface area contributed by atoms with Gasteiger partial charge in [0, 0.05) is 13.2 Å². The van der Waals surface area contributed by atoms with Crippen LogP contribution < -0.4 is 4.74 Å². The minimum Gasteiger partial charge on any atom is -0.491 e. The molecule has 0 N–H and O–H groups in total. The van der Waals surface area contributed by atoms with Crippen molar-refractivity contribution >= 4 is 0 Å². The summed E-state index contributed by atoms with van der Waals surface area (Å²) in [6.45, 7) is 6.43. The maximum Gasteiger partial charge on any atom is 0.119 e. The van der Waals surface area contributed by atoms with Crippen molar-refractivity contribution in [1.29, 1.82) is 0 Å². The van der Waals surface area contributed by atoms with Crippen LogP contribution in [0.3, 0.4) is 0 Å². The van der Waals surface area contributed by atoms with E-state index in [1.807, 2.05) is 44.2 Å². The van der Waals surface area contributed by atoms with Crippen molar-refractivity contribution in [3.8, 4) is 5.75 Å². The molecule has 0 aliphatic rings. The summed E-state index contributed by atoms with van der Waals surface area (Å²) in [7, 11) is 0. The molecule has 1 unspecified atom stereocenters. The van der Waals surface area contributed by atoms with E-state index >= 15 is 0 Å². The Bertz CT molecular complexity index is 261. The smallest absolute Gasteiger partial charge is 0.119 e. The molecule has 0 amide bonds. The molecule has 0 aliphatic carbocycles. The van der Waals surface area contributed by atoms with Crippen LogP contribution in [0.2, 0.25) is 0 Å². The minimum absolute atomic E-state index is 0.00477. The molecular formula is C13H20O3. The first-order valence-corrected chi connectivity index (χ1v) is 5.74. The fourth-order valence-electron chi connectivity index (χ4n) is 1.34. The molecule has 0 fully saturated rings. The summed E-state index contributed by atoms with van der Waals surface area (Å²) in [6, 6.07) is 9.74. The predicted octanol–water partition coefficient (Wildman–Crippen LogP) is 2.51.